The summed E-state index contributed by atoms with van der Waals surface area (Å²) in [5.41, 5.74) is 0. The Balaban J connectivity index is -0.00000300. The van der Waals surface area contributed by atoms with Gasteiger partial charge in [0.1, 0.15) is 6.54 Å². The molecule has 1 unspecified atom stereocenters. The van der Waals surface area contributed by atoms with Gasteiger partial charge in [0.2, 0.25) is 5.91 Å². The topological polar surface area (TPSA) is 86.3 Å². The minimum absolute atomic E-state index is 0. The van der Waals surface area contributed by atoms with Crippen LogP contribution in [-0.4, -0.2) is 73.6 Å². The van der Waals surface area contributed by atoms with E-state index in [0.717, 1.165) is 50.3 Å². The van der Waals surface area contributed by atoms with Gasteiger partial charge in [-0.1, -0.05) is 77.6 Å². The highest BCUT2D eigenvalue weighted by molar-refractivity contribution is 5.77. The van der Waals surface area contributed by atoms with Gasteiger partial charge in [0.15, 0.2) is 6.67 Å². The fourth-order valence-corrected chi connectivity index (χ4v) is 4.46. The number of aliphatic hydroxyl groups is 1. The van der Waals surface area contributed by atoms with Gasteiger partial charge in [0, 0.05) is 26.0 Å². The van der Waals surface area contributed by atoms with Gasteiger partial charge in [-0.15, -0.1) is 0 Å². The number of rotatable bonds is 21. The van der Waals surface area contributed by atoms with Crippen molar-refractivity contribution in [1.82, 2.24) is 11.1 Å². The Kier molecular flexibility index (Phi) is 28.4. The molecule has 33 heavy (non-hydrogen) atoms. The van der Waals surface area contributed by atoms with E-state index in [0.29, 0.717) is 13.0 Å². The van der Waals surface area contributed by atoms with Crippen LogP contribution in [0.1, 0.15) is 103 Å². The number of aliphatic hydroxyl groups excluding tert-OH is 1. The standard InChI is InChI=1S/C25H51N2O3.2ClH.H3N/c1-3-4-5-6-7-8-9-10-11-12-13-14-22-30-23-16-19-27(2,20-21-28)24-26-18-15-17-25(26)29;;;/h28H,3-24H2,1-2H3;2*1H;1H3/q+1;;;/p-1. The van der Waals surface area contributed by atoms with Crippen LogP contribution in [0.2, 0.25) is 0 Å². The van der Waals surface area contributed by atoms with Crippen molar-refractivity contribution in [3.05, 3.63) is 0 Å². The van der Waals surface area contributed by atoms with E-state index < -0.39 is 0 Å². The molecular formula is C25H55Cl2N3O3. The summed E-state index contributed by atoms with van der Waals surface area (Å²) in [5, 5.41) is 9.43. The van der Waals surface area contributed by atoms with Crippen LogP contribution in [0.5, 0.6) is 0 Å². The maximum atomic E-state index is 11.9. The van der Waals surface area contributed by atoms with Gasteiger partial charge < -0.3 is 45.3 Å². The number of hydrogen-bond donors (Lipinski definition) is 2. The van der Waals surface area contributed by atoms with Crippen molar-refractivity contribution in [1.29, 1.82) is 0 Å². The predicted molar refractivity (Wildman–Crippen MR) is 131 cm³/mol. The summed E-state index contributed by atoms with van der Waals surface area (Å²) >= 11 is 0. The van der Waals surface area contributed by atoms with E-state index in [-0.39, 0.29) is 43.5 Å². The van der Waals surface area contributed by atoms with Crippen molar-refractivity contribution in [2.24, 2.45) is 0 Å². The minimum Gasteiger partial charge on any atom is -1.00 e. The second-order valence-corrected chi connectivity index (χ2v) is 9.55. The third kappa shape index (κ3) is 19.8. The van der Waals surface area contributed by atoms with Gasteiger partial charge in [0.25, 0.3) is 0 Å². The average molecular weight is 517 g/mol. The van der Waals surface area contributed by atoms with Gasteiger partial charge in [-0.3, -0.25) is 9.69 Å². The highest BCUT2D eigenvalue weighted by Crippen LogP contribution is 2.15. The van der Waals surface area contributed by atoms with Gasteiger partial charge in [0.05, 0.1) is 26.8 Å². The van der Waals surface area contributed by atoms with E-state index in [4.69, 9.17) is 4.74 Å². The van der Waals surface area contributed by atoms with Gasteiger partial charge in [-0.25, -0.2) is 0 Å². The molecule has 5 N–H and O–H groups in total. The molecule has 0 aromatic carbocycles. The second kappa shape index (κ2) is 25.0. The first-order valence-corrected chi connectivity index (χ1v) is 12.9. The van der Waals surface area contributed by atoms with Crippen molar-refractivity contribution in [3.8, 4) is 0 Å². The number of ether oxygens (including phenoxy) is 1. The van der Waals surface area contributed by atoms with E-state index in [9.17, 15) is 9.90 Å². The maximum Gasteiger partial charge on any atom is 0.226 e. The molecule has 1 fully saturated rings. The van der Waals surface area contributed by atoms with Crippen LogP contribution in [0.15, 0.2) is 0 Å². The number of halogens is 2. The summed E-state index contributed by atoms with van der Waals surface area (Å²) in [7, 11) is 2.15. The molecule has 0 aromatic heterocycles. The van der Waals surface area contributed by atoms with E-state index in [1.54, 1.807) is 0 Å². The first-order chi connectivity index (χ1) is 14.6. The molecule has 202 valence electrons. The Morgan fingerprint density at radius 2 is 1.36 bits per heavy atom. The molecule has 6 nitrogen and oxygen atoms in total. The number of quaternary nitrogens is 2. The number of nitrogens with zero attached hydrogens (tertiary/aromatic N) is 2. The first-order valence-electron chi connectivity index (χ1n) is 12.9. The van der Waals surface area contributed by atoms with Crippen molar-refractivity contribution < 1.29 is 43.9 Å². The van der Waals surface area contributed by atoms with E-state index >= 15 is 0 Å². The van der Waals surface area contributed by atoms with Crippen LogP contribution in [0.4, 0.5) is 0 Å². The first kappa shape index (κ1) is 37.4. The molecule has 0 saturated carbocycles. The third-order valence-corrected chi connectivity index (χ3v) is 6.45. The summed E-state index contributed by atoms with van der Waals surface area (Å²) < 4.78 is 6.56. The van der Waals surface area contributed by atoms with E-state index in [2.05, 4.69) is 14.0 Å². The van der Waals surface area contributed by atoms with Gasteiger partial charge in [-0.2, -0.15) is 0 Å². The zero-order valence-corrected chi connectivity index (χ0v) is 23.5. The lowest BCUT2D eigenvalue weighted by atomic mass is 10.1. The molecular weight excluding hydrogens is 461 g/mol. The lowest BCUT2D eigenvalue weighted by molar-refractivity contribution is -0.918. The Morgan fingerprint density at radius 1 is 0.848 bits per heavy atom. The molecule has 0 radical (unpaired) electrons. The highest BCUT2D eigenvalue weighted by Gasteiger charge is 2.29. The van der Waals surface area contributed by atoms with Gasteiger partial charge in [-0.05, 0) is 12.8 Å². The SMILES string of the molecule is CCCCCCCCCCCCCCOCCC[N+](C)(CCO)CN1CCCC1=O.[Cl-].[Cl-].[NH4+]. The normalized spacial score (nSPS) is 14.9. The minimum atomic E-state index is 0. The van der Waals surface area contributed by atoms with Crippen molar-refractivity contribution in [2.45, 2.75) is 103 Å². The van der Waals surface area contributed by atoms with Gasteiger partial charge >= 0.3 is 0 Å². The number of likely N-dealkylation sites (N-methyl/N-ethyl adjacent to an activating group) is 1. The molecule has 1 aliphatic heterocycles. The number of carbonyl (C=O) groups excluding carboxylic acids is 1. The fraction of sp³-hybridized carbons (Fsp3) is 0.960. The summed E-state index contributed by atoms with van der Waals surface area (Å²) in [4.78, 5) is 13.9. The van der Waals surface area contributed by atoms with E-state index in [1.165, 1.54) is 77.0 Å². The van der Waals surface area contributed by atoms with Crippen LogP contribution in [0.25, 0.3) is 0 Å². The van der Waals surface area contributed by atoms with Crippen molar-refractivity contribution in [2.75, 3.05) is 53.2 Å². The Hall–Kier alpha value is -0.110. The molecule has 1 aliphatic rings. The molecule has 0 spiro atoms. The quantitative estimate of drug-likeness (QED) is 0.159. The molecule has 0 bridgehead atoms. The predicted octanol–water partition coefficient (Wildman–Crippen LogP) is -0.503. The maximum absolute atomic E-state index is 11.9. The fourth-order valence-electron chi connectivity index (χ4n) is 4.46. The van der Waals surface area contributed by atoms with E-state index in [1.807, 2.05) is 4.90 Å². The number of likely N-dealkylation sites (tertiary alicyclic amines) is 1. The van der Waals surface area contributed by atoms with Crippen LogP contribution >= 0.6 is 0 Å². The smallest absolute Gasteiger partial charge is 0.226 e. The van der Waals surface area contributed by atoms with Crippen LogP contribution in [-0.2, 0) is 9.53 Å². The lowest BCUT2D eigenvalue weighted by Gasteiger charge is -2.37. The number of unbranched alkanes of at least 4 members (excludes halogenated alkanes) is 11. The average Bonchev–Trinajstić information content (AvgIpc) is 3.12. The Labute approximate surface area is 217 Å². The second-order valence-electron chi connectivity index (χ2n) is 9.55. The number of carbonyl (C=O) groups is 1. The zero-order valence-electron chi connectivity index (χ0n) is 22.0. The third-order valence-electron chi connectivity index (χ3n) is 6.45. The van der Waals surface area contributed by atoms with Crippen LogP contribution in [0, 0.1) is 0 Å². The molecule has 8 heteroatoms. The number of hydrogen-bond acceptors (Lipinski definition) is 3. The summed E-state index contributed by atoms with van der Waals surface area (Å²) in [5.74, 6) is 0.264. The highest BCUT2D eigenvalue weighted by atomic mass is 35.5. The van der Waals surface area contributed by atoms with Crippen molar-refractivity contribution in [3.63, 3.8) is 0 Å². The lowest BCUT2D eigenvalue weighted by Crippen LogP contribution is -3.00. The Bertz CT molecular complexity index is 434. The summed E-state index contributed by atoms with van der Waals surface area (Å²) in [6.07, 6.45) is 19.1. The molecule has 1 amide bonds. The molecule has 0 aromatic rings. The molecule has 0 aliphatic carbocycles. The summed E-state index contributed by atoms with van der Waals surface area (Å²) in [6.45, 7) is 7.33. The van der Waals surface area contributed by atoms with Crippen LogP contribution < -0.4 is 31.0 Å². The molecule has 1 rings (SSSR count). The zero-order chi connectivity index (χ0) is 21.9. The molecule has 1 atom stereocenters. The molecule has 1 heterocycles. The largest absolute Gasteiger partial charge is 1.00 e. The molecule has 1 saturated heterocycles. The Morgan fingerprint density at radius 3 is 1.85 bits per heavy atom. The number of amides is 1. The summed E-state index contributed by atoms with van der Waals surface area (Å²) in [6, 6.07) is 0. The van der Waals surface area contributed by atoms with Crippen molar-refractivity contribution >= 4 is 5.91 Å². The van der Waals surface area contributed by atoms with Crippen LogP contribution in [0.3, 0.4) is 0 Å². The monoisotopic (exact) mass is 515 g/mol.